The highest BCUT2D eigenvalue weighted by Crippen LogP contribution is 2.36. The van der Waals surface area contributed by atoms with Crippen molar-refractivity contribution >= 4 is 39.3 Å². The summed E-state index contributed by atoms with van der Waals surface area (Å²) in [6.45, 7) is 2.16. The van der Waals surface area contributed by atoms with E-state index < -0.39 is 5.82 Å². The van der Waals surface area contributed by atoms with Gasteiger partial charge in [-0.1, -0.05) is 29.2 Å². The number of aryl methyl sites for hydroxylation is 1. The fourth-order valence-corrected chi connectivity index (χ4v) is 5.15. The van der Waals surface area contributed by atoms with Crippen LogP contribution in [0.2, 0.25) is 5.02 Å². The van der Waals surface area contributed by atoms with Crippen LogP contribution in [-0.2, 0) is 0 Å². The fourth-order valence-electron chi connectivity index (χ4n) is 4.89. The SMILES string of the molecule is Cc1onc2c1c(=O)n([C@H]1CCC[C@@H](CNC(=O)c3cncc(F)c3)C1)c1cccc(Cl)c21. The summed E-state index contributed by atoms with van der Waals surface area (Å²) in [5.41, 5.74) is 1.26. The maximum absolute atomic E-state index is 13.5. The summed E-state index contributed by atoms with van der Waals surface area (Å²) < 4.78 is 20.5. The first-order valence-electron chi connectivity index (χ1n) is 10.9. The number of fused-ring (bicyclic) bond motifs is 3. The smallest absolute Gasteiger partial charge is 0.264 e. The number of rotatable bonds is 4. The molecule has 2 atom stereocenters. The lowest BCUT2D eigenvalue weighted by Crippen LogP contribution is -2.34. The summed E-state index contributed by atoms with van der Waals surface area (Å²) in [6, 6.07) is 6.60. The zero-order valence-corrected chi connectivity index (χ0v) is 18.7. The number of carbonyl (C=O) groups excluding carboxylic acids is 1. The van der Waals surface area contributed by atoms with Crippen molar-refractivity contribution in [1.82, 2.24) is 20.0 Å². The van der Waals surface area contributed by atoms with Gasteiger partial charge >= 0.3 is 0 Å². The van der Waals surface area contributed by atoms with Gasteiger partial charge in [-0.15, -0.1) is 0 Å². The molecule has 1 saturated carbocycles. The molecular weight excluding hydrogens is 447 g/mol. The molecule has 1 amide bonds. The number of nitrogens with zero attached hydrogens (tertiary/aromatic N) is 3. The molecule has 0 aliphatic heterocycles. The topological polar surface area (TPSA) is 90.0 Å². The minimum atomic E-state index is -0.551. The molecule has 170 valence electrons. The van der Waals surface area contributed by atoms with Crippen molar-refractivity contribution in [1.29, 1.82) is 0 Å². The Morgan fingerprint density at radius 2 is 2.15 bits per heavy atom. The Morgan fingerprint density at radius 1 is 1.30 bits per heavy atom. The largest absolute Gasteiger partial charge is 0.360 e. The second-order valence-electron chi connectivity index (χ2n) is 8.56. The van der Waals surface area contributed by atoms with E-state index in [0.717, 1.165) is 43.5 Å². The van der Waals surface area contributed by atoms with Gasteiger partial charge in [-0.25, -0.2) is 4.39 Å². The van der Waals surface area contributed by atoms with Crippen LogP contribution in [0, 0.1) is 18.7 Å². The van der Waals surface area contributed by atoms with Gasteiger partial charge in [0, 0.05) is 24.2 Å². The van der Waals surface area contributed by atoms with Crippen LogP contribution in [0.15, 0.2) is 46.0 Å². The molecule has 1 aliphatic rings. The van der Waals surface area contributed by atoms with Crippen LogP contribution in [0.3, 0.4) is 0 Å². The third-order valence-electron chi connectivity index (χ3n) is 6.42. The second kappa shape index (κ2) is 8.59. The lowest BCUT2D eigenvalue weighted by atomic mass is 9.85. The zero-order chi connectivity index (χ0) is 23.1. The van der Waals surface area contributed by atoms with Crippen LogP contribution in [0.4, 0.5) is 4.39 Å². The zero-order valence-electron chi connectivity index (χ0n) is 18.0. The lowest BCUT2D eigenvalue weighted by Gasteiger charge is -2.31. The summed E-state index contributed by atoms with van der Waals surface area (Å²) in [4.78, 5) is 29.7. The van der Waals surface area contributed by atoms with Gasteiger partial charge < -0.3 is 14.4 Å². The first kappa shape index (κ1) is 21.6. The highest BCUT2D eigenvalue weighted by Gasteiger charge is 2.28. The molecule has 0 spiro atoms. The lowest BCUT2D eigenvalue weighted by molar-refractivity contribution is 0.0939. The number of amides is 1. The molecule has 0 saturated heterocycles. The van der Waals surface area contributed by atoms with Gasteiger partial charge in [-0.05, 0) is 50.3 Å². The van der Waals surface area contributed by atoms with Crippen LogP contribution in [0.25, 0.3) is 21.8 Å². The Hall–Kier alpha value is -3.26. The molecule has 0 unspecified atom stereocenters. The van der Waals surface area contributed by atoms with Crippen LogP contribution in [0.5, 0.6) is 0 Å². The van der Waals surface area contributed by atoms with E-state index in [9.17, 15) is 14.0 Å². The maximum atomic E-state index is 13.5. The van der Waals surface area contributed by atoms with Gasteiger partial charge in [-0.2, -0.15) is 0 Å². The van der Waals surface area contributed by atoms with E-state index in [2.05, 4.69) is 15.5 Å². The Bertz CT molecular complexity index is 1430. The van der Waals surface area contributed by atoms with Gasteiger partial charge in [-0.3, -0.25) is 14.6 Å². The number of pyridine rings is 2. The van der Waals surface area contributed by atoms with E-state index in [4.69, 9.17) is 16.1 Å². The third kappa shape index (κ3) is 3.88. The first-order valence-corrected chi connectivity index (χ1v) is 11.3. The first-order chi connectivity index (χ1) is 15.9. The number of hydrogen-bond acceptors (Lipinski definition) is 5. The molecule has 4 aromatic rings. The Morgan fingerprint density at radius 3 is 2.97 bits per heavy atom. The van der Waals surface area contributed by atoms with E-state index in [0.29, 0.717) is 33.6 Å². The van der Waals surface area contributed by atoms with Crippen LogP contribution < -0.4 is 10.9 Å². The molecule has 7 nitrogen and oxygen atoms in total. The highest BCUT2D eigenvalue weighted by molar-refractivity contribution is 6.37. The standard InChI is InChI=1S/C24H22ClFN4O3/c1-13-20-22(29-33-13)21-18(25)6-3-7-19(21)30(24(20)32)17-5-2-4-14(8-17)10-28-23(31)15-9-16(26)12-27-11-15/h3,6-7,9,11-12,14,17H,2,4-5,8,10H2,1H3,(H,28,31)/t14-,17+/m1/s1. The van der Waals surface area contributed by atoms with Gasteiger partial charge in [0.15, 0.2) is 0 Å². The number of hydrogen-bond donors (Lipinski definition) is 1. The second-order valence-corrected chi connectivity index (χ2v) is 8.97. The summed E-state index contributed by atoms with van der Waals surface area (Å²) in [6.07, 6.45) is 5.82. The molecule has 0 radical (unpaired) electrons. The summed E-state index contributed by atoms with van der Waals surface area (Å²) in [7, 11) is 0. The molecule has 1 aromatic carbocycles. The number of benzene rings is 1. The minimum absolute atomic E-state index is 0.0522. The molecule has 0 bridgehead atoms. The number of halogens is 2. The third-order valence-corrected chi connectivity index (χ3v) is 6.74. The molecule has 1 aliphatic carbocycles. The predicted octanol–water partition coefficient (Wildman–Crippen LogP) is 4.80. The average molecular weight is 469 g/mol. The van der Waals surface area contributed by atoms with Crippen molar-refractivity contribution in [2.45, 2.75) is 38.6 Å². The van der Waals surface area contributed by atoms with Crippen LogP contribution in [0.1, 0.15) is 47.8 Å². The maximum Gasteiger partial charge on any atom is 0.264 e. The molecule has 5 rings (SSSR count). The number of nitrogens with one attached hydrogen (secondary N) is 1. The summed E-state index contributed by atoms with van der Waals surface area (Å²) in [5, 5.41) is 8.66. The monoisotopic (exact) mass is 468 g/mol. The summed E-state index contributed by atoms with van der Waals surface area (Å²) in [5.74, 6) is -0.270. The van der Waals surface area contributed by atoms with E-state index >= 15 is 0 Å². The Labute approximate surface area is 193 Å². The van der Waals surface area contributed by atoms with E-state index in [1.807, 2.05) is 16.7 Å². The van der Waals surface area contributed by atoms with E-state index in [1.165, 1.54) is 6.20 Å². The average Bonchev–Trinajstić information content (AvgIpc) is 3.19. The number of carbonyl (C=O) groups is 1. The Kier molecular flexibility index (Phi) is 5.62. The number of aromatic nitrogens is 3. The molecule has 3 heterocycles. The van der Waals surface area contributed by atoms with Crippen LogP contribution >= 0.6 is 11.6 Å². The fraction of sp³-hybridized carbons (Fsp3) is 0.333. The molecular formula is C24H22ClFN4O3. The van der Waals surface area contributed by atoms with Gasteiger partial charge in [0.1, 0.15) is 22.5 Å². The van der Waals surface area contributed by atoms with Crippen molar-refractivity contribution in [3.63, 3.8) is 0 Å². The van der Waals surface area contributed by atoms with Gasteiger partial charge in [0.25, 0.3) is 11.5 Å². The van der Waals surface area contributed by atoms with Crippen molar-refractivity contribution in [2.24, 2.45) is 5.92 Å². The quantitative estimate of drug-likeness (QED) is 0.464. The van der Waals surface area contributed by atoms with Crippen molar-refractivity contribution in [2.75, 3.05) is 6.54 Å². The van der Waals surface area contributed by atoms with Crippen molar-refractivity contribution in [3.8, 4) is 0 Å². The molecule has 1 N–H and O–H groups in total. The van der Waals surface area contributed by atoms with Crippen LogP contribution in [-0.4, -0.2) is 27.2 Å². The molecule has 33 heavy (non-hydrogen) atoms. The highest BCUT2D eigenvalue weighted by atomic mass is 35.5. The van der Waals surface area contributed by atoms with Gasteiger partial charge in [0.05, 0.1) is 22.3 Å². The summed E-state index contributed by atoms with van der Waals surface area (Å²) >= 11 is 6.51. The van der Waals surface area contributed by atoms with Crippen molar-refractivity contribution in [3.05, 3.63) is 69.2 Å². The van der Waals surface area contributed by atoms with E-state index in [-0.39, 0.29) is 29.0 Å². The molecule has 9 heteroatoms. The predicted molar refractivity (Wildman–Crippen MR) is 123 cm³/mol. The van der Waals surface area contributed by atoms with Crippen molar-refractivity contribution < 1.29 is 13.7 Å². The minimum Gasteiger partial charge on any atom is -0.360 e. The molecule has 1 fully saturated rings. The Balaban J connectivity index is 1.45. The van der Waals surface area contributed by atoms with E-state index in [1.54, 1.807) is 13.0 Å². The molecule has 3 aromatic heterocycles. The normalized spacial score (nSPS) is 18.6. The van der Waals surface area contributed by atoms with Gasteiger partial charge in [0.2, 0.25) is 0 Å².